The number of methoxy groups -OCH3 is 1. The minimum Gasteiger partial charge on any atom is -0.497 e. The Morgan fingerprint density at radius 2 is 2.05 bits per heavy atom. The van der Waals surface area contributed by atoms with Crippen molar-refractivity contribution in [3.63, 3.8) is 0 Å². The lowest BCUT2D eigenvalue weighted by molar-refractivity contribution is 0.414. The molecule has 1 aromatic carbocycles. The van der Waals surface area contributed by atoms with Crippen molar-refractivity contribution in [3.05, 3.63) is 46.2 Å². The largest absolute Gasteiger partial charge is 0.497 e. The topological polar surface area (TPSA) is 39.1 Å². The molecule has 0 radical (unpaired) electrons. The molecule has 2 aromatic rings. The van der Waals surface area contributed by atoms with E-state index in [2.05, 4.69) is 45.4 Å². The number of ether oxygens (including phenoxy) is 1. The lowest BCUT2D eigenvalue weighted by Crippen LogP contribution is -2.24. The van der Waals surface area contributed by atoms with Gasteiger partial charge in [0.05, 0.1) is 29.5 Å². The summed E-state index contributed by atoms with van der Waals surface area (Å²) in [4.78, 5) is 0. The normalized spacial score (nSPS) is 12.4. The molecule has 4 nitrogen and oxygen atoms in total. The van der Waals surface area contributed by atoms with Gasteiger partial charge in [-0.15, -0.1) is 0 Å². The van der Waals surface area contributed by atoms with Gasteiger partial charge in [-0.3, -0.25) is 4.68 Å². The van der Waals surface area contributed by atoms with Gasteiger partial charge in [-0.2, -0.15) is 5.10 Å². The number of benzene rings is 1. The van der Waals surface area contributed by atoms with Crippen LogP contribution in [0.2, 0.25) is 0 Å². The van der Waals surface area contributed by atoms with Crippen LogP contribution in [-0.2, 0) is 13.5 Å². The molecular formula is C16H22BrN3O. The lowest BCUT2D eigenvalue weighted by Gasteiger charge is -2.19. The van der Waals surface area contributed by atoms with Gasteiger partial charge in [0, 0.05) is 7.05 Å². The summed E-state index contributed by atoms with van der Waals surface area (Å²) in [5.41, 5.74) is 2.52. The van der Waals surface area contributed by atoms with Crippen molar-refractivity contribution >= 4 is 15.9 Å². The smallest absolute Gasteiger partial charge is 0.118 e. The maximum absolute atomic E-state index is 5.19. The number of hydrogen-bond acceptors (Lipinski definition) is 3. The Bertz CT molecular complexity index is 546. The average molecular weight is 352 g/mol. The number of halogens is 1. The quantitative estimate of drug-likeness (QED) is 0.829. The van der Waals surface area contributed by atoms with E-state index in [1.807, 2.05) is 30.1 Å². The van der Waals surface area contributed by atoms with Crippen molar-refractivity contribution in [3.8, 4) is 5.75 Å². The van der Waals surface area contributed by atoms with Crippen LogP contribution in [-0.4, -0.2) is 23.4 Å². The maximum Gasteiger partial charge on any atom is 0.118 e. The Labute approximate surface area is 134 Å². The van der Waals surface area contributed by atoms with Gasteiger partial charge in [0.2, 0.25) is 0 Å². The molecule has 1 N–H and O–H groups in total. The van der Waals surface area contributed by atoms with Crippen molar-refractivity contribution in [2.75, 3.05) is 13.7 Å². The summed E-state index contributed by atoms with van der Waals surface area (Å²) in [6.45, 7) is 3.07. The SMILES string of the molecule is CCNC(CCc1ccc(OC)cc1)c1c(Br)cnn1C. The second-order valence-electron chi connectivity index (χ2n) is 5.00. The lowest BCUT2D eigenvalue weighted by atomic mass is 10.0. The highest BCUT2D eigenvalue weighted by Crippen LogP contribution is 2.26. The zero-order valence-corrected chi connectivity index (χ0v) is 14.4. The summed E-state index contributed by atoms with van der Waals surface area (Å²) in [5.74, 6) is 0.899. The molecule has 114 valence electrons. The van der Waals surface area contributed by atoms with Gasteiger partial charge in [-0.1, -0.05) is 19.1 Å². The molecule has 0 aliphatic rings. The third-order valence-corrected chi connectivity index (χ3v) is 4.21. The van der Waals surface area contributed by atoms with Gasteiger partial charge in [0.15, 0.2) is 0 Å². The molecule has 2 rings (SSSR count). The van der Waals surface area contributed by atoms with E-state index < -0.39 is 0 Å². The molecule has 0 saturated heterocycles. The Balaban J connectivity index is 2.06. The summed E-state index contributed by atoms with van der Waals surface area (Å²) < 4.78 is 8.19. The average Bonchev–Trinajstić information content (AvgIpc) is 2.83. The summed E-state index contributed by atoms with van der Waals surface area (Å²) in [6.07, 6.45) is 3.89. The molecular weight excluding hydrogens is 330 g/mol. The molecule has 1 atom stereocenters. The third-order valence-electron chi connectivity index (χ3n) is 3.60. The van der Waals surface area contributed by atoms with Gasteiger partial charge >= 0.3 is 0 Å². The molecule has 1 heterocycles. The fraction of sp³-hybridized carbons (Fsp3) is 0.438. The minimum absolute atomic E-state index is 0.291. The second-order valence-corrected chi connectivity index (χ2v) is 5.85. The van der Waals surface area contributed by atoms with Crippen molar-refractivity contribution in [2.24, 2.45) is 7.05 Å². The van der Waals surface area contributed by atoms with Crippen LogP contribution in [0.15, 0.2) is 34.9 Å². The van der Waals surface area contributed by atoms with Crippen LogP contribution in [0.25, 0.3) is 0 Å². The highest BCUT2D eigenvalue weighted by Gasteiger charge is 2.17. The van der Waals surface area contributed by atoms with Crippen LogP contribution in [0.3, 0.4) is 0 Å². The van der Waals surface area contributed by atoms with Gasteiger partial charge in [0.1, 0.15) is 5.75 Å². The zero-order chi connectivity index (χ0) is 15.2. The number of nitrogens with zero attached hydrogens (tertiary/aromatic N) is 2. The summed E-state index contributed by atoms with van der Waals surface area (Å²) >= 11 is 3.59. The number of aryl methyl sites for hydroxylation is 2. The van der Waals surface area contributed by atoms with Crippen LogP contribution in [0.1, 0.15) is 30.6 Å². The number of aromatic nitrogens is 2. The molecule has 21 heavy (non-hydrogen) atoms. The predicted octanol–water partition coefficient (Wildman–Crippen LogP) is 3.47. The number of hydrogen-bond donors (Lipinski definition) is 1. The Morgan fingerprint density at radius 1 is 1.33 bits per heavy atom. The van der Waals surface area contributed by atoms with Crippen LogP contribution in [0, 0.1) is 0 Å². The van der Waals surface area contributed by atoms with Gasteiger partial charge in [-0.05, 0) is 53.0 Å². The van der Waals surface area contributed by atoms with Crippen LogP contribution < -0.4 is 10.1 Å². The van der Waals surface area contributed by atoms with Crippen molar-refractivity contribution in [2.45, 2.75) is 25.8 Å². The first-order chi connectivity index (χ1) is 10.2. The summed E-state index contributed by atoms with van der Waals surface area (Å²) in [5, 5.41) is 7.85. The van der Waals surface area contributed by atoms with Crippen LogP contribution >= 0.6 is 15.9 Å². The first-order valence-corrected chi connectivity index (χ1v) is 7.98. The molecule has 0 fully saturated rings. The van der Waals surface area contributed by atoms with Crippen LogP contribution in [0.5, 0.6) is 5.75 Å². The maximum atomic E-state index is 5.19. The number of nitrogens with one attached hydrogen (secondary N) is 1. The molecule has 0 aliphatic carbocycles. The molecule has 1 aromatic heterocycles. The van der Waals surface area contributed by atoms with E-state index in [1.165, 1.54) is 11.3 Å². The highest BCUT2D eigenvalue weighted by molar-refractivity contribution is 9.10. The first-order valence-electron chi connectivity index (χ1n) is 7.19. The third kappa shape index (κ3) is 4.08. The van der Waals surface area contributed by atoms with E-state index in [4.69, 9.17) is 4.74 Å². The molecule has 0 amide bonds. The monoisotopic (exact) mass is 351 g/mol. The van der Waals surface area contributed by atoms with E-state index >= 15 is 0 Å². The zero-order valence-electron chi connectivity index (χ0n) is 12.8. The van der Waals surface area contributed by atoms with E-state index in [9.17, 15) is 0 Å². The Kier molecular flexibility index (Phi) is 5.82. The van der Waals surface area contributed by atoms with Crippen molar-refractivity contribution in [1.82, 2.24) is 15.1 Å². The van der Waals surface area contributed by atoms with E-state index in [0.717, 1.165) is 29.6 Å². The Morgan fingerprint density at radius 3 is 2.57 bits per heavy atom. The standard InChI is InChI=1S/C16H22BrN3O/c1-4-18-15(16-14(17)11-19-20(16)2)10-7-12-5-8-13(21-3)9-6-12/h5-6,8-9,11,15,18H,4,7,10H2,1-3H3. The second kappa shape index (κ2) is 7.61. The molecule has 0 bridgehead atoms. The van der Waals surface area contributed by atoms with Gasteiger partial charge < -0.3 is 10.1 Å². The van der Waals surface area contributed by atoms with Crippen molar-refractivity contribution in [1.29, 1.82) is 0 Å². The van der Waals surface area contributed by atoms with Gasteiger partial charge in [0.25, 0.3) is 0 Å². The van der Waals surface area contributed by atoms with Crippen molar-refractivity contribution < 1.29 is 4.74 Å². The highest BCUT2D eigenvalue weighted by atomic mass is 79.9. The predicted molar refractivity (Wildman–Crippen MR) is 88.6 cm³/mol. The molecule has 0 saturated carbocycles. The fourth-order valence-corrected chi connectivity index (χ4v) is 3.12. The number of rotatable bonds is 7. The van der Waals surface area contributed by atoms with Gasteiger partial charge in [-0.25, -0.2) is 0 Å². The van der Waals surface area contributed by atoms with E-state index in [0.29, 0.717) is 6.04 Å². The summed E-state index contributed by atoms with van der Waals surface area (Å²) in [6, 6.07) is 8.56. The van der Waals surface area contributed by atoms with Crippen LogP contribution in [0.4, 0.5) is 0 Å². The van der Waals surface area contributed by atoms with E-state index in [-0.39, 0.29) is 0 Å². The fourth-order valence-electron chi connectivity index (χ4n) is 2.50. The van der Waals surface area contributed by atoms with E-state index in [1.54, 1.807) is 7.11 Å². The Hall–Kier alpha value is -1.33. The minimum atomic E-state index is 0.291. The molecule has 1 unspecified atom stereocenters. The molecule has 0 aliphatic heterocycles. The summed E-state index contributed by atoms with van der Waals surface area (Å²) in [7, 11) is 3.67. The molecule has 5 heteroatoms. The molecule has 0 spiro atoms. The first kappa shape index (κ1) is 16.0.